The molecule has 0 fully saturated rings. The lowest BCUT2D eigenvalue weighted by Crippen LogP contribution is -2.30. The molecule has 0 aliphatic carbocycles. The van der Waals surface area contributed by atoms with Crippen LogP contribution in [-0.2, 0) is 11.3 Å². The third kappa shape index (κ3) is 5.46. The highest BCUT2D eigenvalue weighted by Gasteiger charge is 2.25. The first kappa shape index (κ1) is 23.1. The molecular weight excluding hydrogens is 402 g/mol. The molecule has 0 spiro atoms. The number of thiophene rings is 1. The minimum atomic E-state index is -1.04. The number of benzene rings is 2. The van der Waals surface area contributed by atoms with Crippen molar-refractivity contribution in [2.75, 3.05) is 19.1 Å². The second kappa shape index (κ2) is 11.1. The van der Waals surface area contributed by atoms with Gasteiger partial charge in [-0.25, -0.2) is 4.79 Å². The van der Waals surface area contributed by atoms with E-state index in [2.05, 4.69) is 0 Å². The molecule has 0 radical (unpaired) electrons. The van der Waals surface area contributed by atoms with Crippen LogP contribution in [0.4, 0.5) is 5.69 Å². The highest BCUT2D eigenvalue weighted by molar-refractivity contribution is 7.18. The van der Waals surface area contributed by atoms with Crippen molar-refractivity contribution >= 4 is 28.9 Å². The number of aliphatic hydroxyl groups is 1. The van der Waals surface area contributed by atoms with Gasteiger partial charge in [-0.1, -0.05) is 49.4 Å². The van der Waals surface area contributed by atoms with E-state index in [-0.39, 0.29) is 23.7 Å². The summed E-state index contributed by atoms with van der Waals surface area (Å²) in [5.41, 5.74) is 2.21. The Balaban J connectivity index is 0.00000155. The van der Waals surface area contributed by atoms with E-state index in [9.17, 15) is 14.7 Å². The van der Waals surface area contributed by atoms with Crippen LogP contribution in [0.5, 0.6) is 5.75 Å². The maximum atomic E-state index is 12.7. The van der Waals surface area contributed by atoms with E-state index >= 15 is 0 Å². The van der Waals surface area contributed by atoms with E-state index in [1.807, 2.05) is 54.6 Å². The molecule has 1 aromatic heterocycles. The van der Waals surface area contributed by atoms with Crippen molar-refractivity contribution in [3.8, 4) is 16.2 Å². The Hall–Kier alpha value is -3.16. The molecule has 3 rings (SSSR count). The minimum absolute atomic E-state index is 0.136. The van der Waals surface area contributed by atoms with Crippen molar-refractivity contribution in [1.82, 2.24) is 0 Å². The average molecular weight is 428 g/mol. The van der Waals surface area contributed by atoms with Crippen LogP contribution >= 0.6 is 11.3 Å². The number of carboxylic acids is 1. The number of hydrogen-bond acceptors (Lipinski definition) is 5. The maximum Gasteiger partial charge on any atom is 0.348 e. The van der Waals surface area contributed by atoms with Gasteiger partial charge < -0.3 is 19.8 Å². The Kier molecular flexibility index (Phi) is 8.58. The van der Waals surface area contributed by atoms with E-state index < -0.39 is 5.97 Å². The second-order valence-corrected chi connectivity index (χ2v) is 7.23. The normalized spacial score (nSPS) is 10.0. The Morgan fingerprint density at radius 1 is 1.03 bits per heavy atom. The zero-order chi connectivity index (χ0) is 22.1. The van der Waals surface area contributed by atoms with Crippen molar-refractivity contribution in [2.45, 2.75) is 19.9 Å². The predicted octanol–water partition coefficient (Wildman–Crippen LogP) is 4.67. The number of aliphatic hydroxyl groups excluding tert-OH is 1. The second-order valence-electron chi connectivity index (χ2n) is 6.18. The molecule has 1 amide bonds. The smallest absolute Gasteiger partial charge is 0.348 e. The van der Waals surface area contributed by atoms with Crippen LogP contribution in [0.15, 0.2) is 60.7 Å². The summed E-state index contributed by atoms with van der Waals surface area (Å²) in [5.74, 6) is -0.486. The van der Waals surface area contributed by atoms with E-state index in [1.54, 1.807) is 25.0 Å². The summed E-state index contributed by atoms with van der Waals surface area (Å²) in [6, 6.07) is 18.8. The fourth-order valence-electron chi connectivity index (χ4n) is 2.93. The number of hydrogen-bond donors (Lipinski definition) is 2. The molecule has 2 N–H and O–H groups in total. The zero-order valence-electron chi connectivity index (χ0n) is 17.2. The molecule has 3 aromatic rings. The Labute approximate surface area is 180 Å². The first-order chi connectivity index (χ1) is 14.5. The Bertz CT molecular complexity index is 984. The summed E-state index contributed by atoms with van der Waals surface area (Å²) >= 11 is 1.18. The fraction of sp³-hybridized carbons (Fsp3) is 0.217. The van der Waals surface area contributed by atoms with Crippen LogP contribution in [0.2, 0.25) is 0 Å². The summed E-state index contributed by atoms with van der Waals surface area (Å²) in [7, 11) is 2.58. The monoisotopic (exact) mass is 427 g/mol. The fourth-order valence-corrected chi connectivity index (χ4v) is 3.94. The van der Waals surface area contributed by atoms with Gasteiger partial charge in [0, 0.05) is 18.4 Å². The lowest BCUT2D eigenvalue weighted by molar-refractivity contribution is -0.118. The minimum Gasteiger partial charge on any atom is -0.497 e. The molecule has 30 heavy (non-hydrogen) atoms. The van der Waals surface area contributed by atoms with E-state index in [4.69, 9.17) is 9.84 Å². The van der Waals surface area contributed by atoms with Crippen molar-refractivity contribution in [2.24, 2.45) is 0 Å². The molecule has 6 nitrogen and oxygen atoms in total. The summed E-state index contributed by atoms with van der Waals surface area (Å²) in [5, 5.41) is 16.7. The third-order valence-electron chi connectivity index (χ3n) is 4.33. The van der Waals surface area contributed by atoms with Gasteiger partial charge in [0.25, 0.3) is 0 Å². The van der Waals surface area contributed by atoms with Crippen molar-refractivity contribution in [1.29, 1.82) is 0 Å². The molecule has 0 saturated heterocycles. The number of aromatic carboxylic acids is 1. The number of ether oxygens (including phenoxy) is 1. The van der Waals surface area contributed by atoms with Crippen LogP contribution in [0.25, 0.3) is 10.4 Å². The van der Waals surface area contributed by atoms with Crippen LogP contribution in [0.3, 0.4) is 0 Å². The van der Waals surface area contributed by atoms with Crippen LogP contribution in [0.1, 0.15) is 28.6 Å². The van der Waals surface area contributed by atoms with Gasteiger partial charge in [0.1, 0.15) is 10.6 Å². The third-order valence-corrected chi connectivity index (χ3v) is 5.50. The molecule has 0 aliphatic rings. The molecule has 7 heteroatoms. The molecule has 0 atom stereocenters. The van der Waals surface area contributed by atoms with Crippen LogP contribution in [0, 0.1) is 0 Å². The summed E-state index contributed by atoms with van der Waals surface area (Å²) in [4.78, 5) is 27.1. The topological polar surface area (TPSA) is 87.1 Å². The van der Waals surface area contributed by atoms with Gasteiger partial charge in [-0.3, -0.25) is 4.79 Å². The lowest BCUT2D eigenvalue weighted by Gasteiger charge is -2.22. The quantitative estimate of drug-likeness (QED) is 0.572. The first-order valence-corrected chi connectivity index (χ1v) is 10.2. The van der Waals surface area contributed by atoms with E-state index in [0.717, 1.165) is 23.1 Å². The van der Waals surface area contributed by atoms with Gasteiger partial charge in [-0.2, -0.15) is 0 Å². The van der Waals surface area contributed by atoms with Crippen molar-refractivity contribution < 1.29 is 24.5 Å². The average Bonchev–Trinajstić information content (AvgIpc) is 3.24. The van der Waals surface area contributed by atoms with E-state index in [0.29, 0.717) is 11.4 Å². The predicted molar refractivity (Wildman–Crippen MR) is 119 cm³/mol. The first-order valence-electron chi connectivity index (χ1n) is 9.34. The summed E-state index contributed by atoms with van der Waals surface area (Å²) in [6.07, 6.45) is 0.277. The van der Waals surface area contributed by atoms with Gasteiger partial charge >= 0.3 is 5.97 Å². The van der Waals surface area contributed by atoms with Gasteiger partial charge in [0.2, 0.25) is 5.91 Å². The summed E-state index contributed by atoms with van der Waals surface area (Å²) < 4.78 is 5.26. The van der Waals surface area contributed by atoms with Crippen LogP contribution < -0.4 is 9.64 Å². The summed E-state index contributed by atoms with van der Waals surface area (Å²) in [6.45, 7) is 2.04. The number of carboxylic acid groups (broad SMARTS) is 1. The van der Waals surface area contributed by atoms with Crippen molar-refractivity contribution in [3.63, 3.8) is 0 Å². The Morgan fingerprint density at radius 2 is 1.73 bits per heavy atom. The van der Waals surface area contributed by atoms with Gasteiger partial charge in [-0.15, -0.1) is 11.3 Å². The number of carbonyl (C=O) groups excluding carboxylic acids is 1. The SMILES string of the molecule is CCC(=O)N(Cc1cccc(OC)c1)c1cc(-c2ccccc2)sc1C(=O)O.CO. The molecule has 0 saturated carbocycles. The molecule has 0 aliphatic heterocycles. The number of carbonyl (C=O) groups is 2. The Morgan fingerprint density at radius 3 is 2.33 bits per heavy atom. The number of anilines is 1. The van der Waals surface area contributed by atoms with Crippen molar-refractivity contribution in [3.05, 3.63) is 71.1 Å². The number of methoxy groups -OCH3 is 1. The number of rotatable bonds is 7. The van der Waals surface area contributed by atoms with Gasteiger partial charge in [0.15, 0.2) is 0 Å². The molecule has 2 aromatic carbocycles. The molecule has 0 bridgehead atoms. The largest absolute Gasteiger partial charge is 0.497 e. The molecular formula is C23H25NO5S. The molecule has 0 unspecified atom stereocenters. The lowest BCUT2D eigenvalue weighted by atomic mass is 10.1. The zero-order valence-corrected chi connectivity index (χ0v) is 18.0. The van der Waals surface area contributed by atoms with Gasteiger partial charge in [0.05, 0.1) is 19.3 Å². The standard InChI is InChI=1S/C22H21NO4S.CH4O/c1-3-20(24)23(14-15-8-7-11-17(12-15)27-2)18-13-19(28-21(18)22(25)26)16-9-5-4-6-10-16;1-2/h4-13H,3,14H2,1-2H3,(H,25,26);2H,1H3. The molecule has 158 valence electrons. The van der Waals surface area contributed by atoms with Crippen LogP contribution in [-0.4, -0.2) is 36.3 Å². The van der Waals surface area contributed by atoms with Gasteiger partial charge in [-0.05, 0) is 29.3 Å². The number of nitrogens with zero attached hydrogens (tertiary/aromatic N) is 1. The number of amides is 1. The maximum absolute atomic E-state index is 12.7. The highest BCUT2D eigenvalue weighted by atomic mass is 32.1. The highest BCUT2D eigenvalue weighted by Crippen LogP contribution is 2.38. The molecule has 1 heterocycles. The van der Waals surface area contributed by atoms with E-state index in [1.165, 1.54) is 11.3 Å².